The molecule has 0 bridgehead atoms. The summed E-state index contributed by atoms with van der Waals surface area (Å²) in [5.41, 5.74) is 1.16. The topological polar surface area (TPSA) is 37.4 Å². The fraction of sp³-hybridized carbons (Fsp3) is 0.429. The molecule has 1 aromatic rings. The van der Waals surface area contributed by atoms with Crippen LogP contribution in [-0.2, 0) is 9.59 Å². The quantitative estimate of drug-likeness (QED) is 0.732. The maximum atomic E-state index is 11.7. The molecule has 3 nitrogen and oxygen atoms in total. The van der Waals surface area contributed by atoms with Crippen molar-refractivity contribution in [1.82, 2.24) is 4.90 Å². The van der Waals surface area contributed by atoms with Gasteiger partial charge in [-0.3, -0.25) is 4.79 Å². The Morgan fingerprint density at radius 2 is 2.00 bits per heavy atom. The Morgan fingerprint density at radius 3 is 2.59 bits per heavy atom. The van der Waals surface area contributed by atoms with Crippen LogP contribution in [0.2, 0.25) is 0 Å². The molecular formula is C14H17NO2. The van der Waals surface area contributed by atoms with Crippen LogP contribution in [0.15, 0.2) is 30.3 Å². The molecule has 0 unspecified atom stereocenters. The molecule has 0 aromatic heterocycles. The SMILES string of the molecule is CC(=O)N1C[C@H](C=O)CC[C@@H]1c1ccccc1. The lowest BCUT2D eigenvalue weighted by Crippen LogP contribution is -2.41. The smallest absolute Gasteiger partial charge is 0.219 e. The lowest BCUT2D eigenvalue weighted by molar-refractivity contribution is -0.134. The van der Waals surface area contributed by atoms with Gasteiger partial charge in [0.25, 0.3) is 0 Å². The van der Waals surface area contributed by atoms with E-state index in [1.54, 1.807) is 6.92 Å². The maximum absolute atomic E-state index is 11.7. The van der Waals surface area contributed by atoms with E-state index in [4.69, 9.17) is 0 Å². The molecule has 1 aliphatic rings. The number of aldehydes is 1. The molecule has 1 aromatic carbocycles. The highest BCUT2D eigenvalue weighted by Crippen LogP contribution is 2.32. The fourth-order valence-electron chi connectivity index (χ4n) is 2.48. The van der Waals surface area contributed by atoms with Crippen LogP contribution in [0.4, 0.5) is 0 Å². The first-order chi connectivity index (χ1) is 8.22. The minimum Gasteiger partial charge on any atom is -0.335 e. The van der Waals surface area contributed by atoms with Crippen molar-refractivity contribution >= 4 is 12.2 Å². The number of hydrogen-bond donors (Lipinski definition) is 0. The van der Waals surface area contributed by atoms with Crippen LogP contribution in [-0.4, -0.2) is 23.6 Å². The third kappa shape index (κ3) is 2.54. The Hall–Kier alpha value is -1.64. The second-order valence-corrected chi connectivity index (χ2v) is 4.57. The van der Waals surface area contributed by atoms with Gasteiger partial charge in [-0.2, -0.15) is 0 Å². The van der Waals surface area contributed by atoms with Gasteiger partial charge in [0.1, 0.15) is 6.29 Å². The second-order valence-electron chi connectivity index (χ2n) is 4.57. The standard InChI is InChI=1S/C14H17NO2/c1-11(17)15-9-12(10-16)7-8-14(15)13-5-3-2-4-6-13/h2-6,10,12,14H,7-9H2,1H3/t12-,14-/m1/s1. The summed E-state index contributed by atoms with van der Waals surface area (Å²) in [5, 5.41) is 0. The zero-order valence-corrected chi connectivity index (χ0v) is 10.0. The summed E-state index contributed by atoms with van der Waals surface area (Å²) in [5.74, 6) is 0.0456. The number of carbonyl (C=O) groups is 2. The van der Waals surface area contributed by atoms with Crippen molar-refractivity contribution in [3.8, 4) is 0 Å². The lowest BCUT2D eigenvalue weighted by Gasteiger charge is -2.37. The van der Waals surface area contributed by atoms with Gasteiger partial charge in [-0.05, 0) is 18.4 Å². The predicted molar refractivity (Wildman–Crippen MR) is 65.4 cm³/mol. The molecule has 0 saturated carbocycles. The van der Waals surface area contributed by atoms with Gasteiger partial charge in [0.15, 0.2) is 0 Å². The monoisotopic (exact) mass is 231 g/mol. The average molecular weight is 231 g/mol. The Kier molecular flexibility index (Phi) is 3.57. The van der Waals surface area contributed by atoms with E-state index in [0.717, 1.165) is 24.7 Å². The molecule has 1 heterocycles. The first-order valence-corrected chi connectivity index (χ1v) is 6.00. The van der Waals surface area contributed by atoms with E-state index < -0.39 is 0 Å². The van der Waals surface area contributed by atoms with Crippen molar-refractivity contribution in [3.05, 3.63) is 35.9 Å². The number of nitrogens with zero attached hydrogens (tertiary/aromatic N) is 1. The summed E-state index contributed by atoms with van der Waals surface area (Å²) in [7, 11) is 0. The van der Waals surface area contributed by atoms with E-state index >= 15 is 0 Å². The number of hydrogen-bond acceptors (Lipinski definition) is 2. The summed E-state index contributed by atoms with van der Waals surface area (Å²) in [6.45, 7) is 2.13. The van der Waals surface area contributed by atoms with Crippen molar-refractivity contribution in [2.24, 2.45) is 5.92 Å². The minimum atomic E-state index is -0.00105. The summed E-state index contributed by atoms with van der Waals surface area (Å²) >= 11 is 0. The number of likely N-dealkylation sites (tertiary alicyclic amines) is 1. The van der Waals surface area contributed by atoms with Crippen LogP contribution in [0.5, 0.6) is 0 Å². The average Bonchev–Trinajstić information content (AvgIpc) is 2.39. The molecule has 1 amide bonds. The Morgan fingerprint density at radius 1 is 1.29 bits per heavy atom. The molecule has 0 aliphatic carbocycles. The number of amides is 1. The van der Waals surface area contributed by atoms with Crippen LogP contribution in [0, 0.1) is 5.92 Å². The molecule has 1 fully saturated rings. The molecule has 0 spiro atoms. The van der Waals surface area contributed by atoms with Crippen molar-refractivity contribution in [2.75, 3.05) is 6.54 Å². The van der Waals surface area contributed by atoms with Crippen molar-refractivity contribution in [3.63, 3.8) is 0 Å². The first kappa shape index (κ1) is 11.8. The minimum absolute atomic E-state index is 0.00105. The molecule has 2 rings (SSSR count). The molecule has 3 heteroatoms. The highest BCUT2D eigenvalue weighted by Gasteiger charge is 2.30. The van der Waals surface area contributed by atoms with Gasteiger partial charge < -0.3 is 9.69 Å². The molecule has 1 saturated heterocycles. The molecule has 0 radical (unpaired) electrons. The van der Waals surface area contributed by atoms with Crippen molar-refractivity contribution in [1.29, 1.82) is 0 Å². The summed E-state index contributed by atoms with van der Waals surface area (Å²) in [4.78, 5) is 24.3. The molecule has 1 aliphatic heterocycles. The van der Waals surface area contributed by atoms with Gasteiger partial charge in [0.05, 0.1) is 6.04 Å². The third-order valence-electron chi connectivity index (χ3n) is 3.40. The van der Waals surface area contributed by atoms with Gasteiger partial charge in [0, 0.05) is 19.4 Å². The second kappa shape index (κ2) is 5.13. The third-order valence-corrected chi connectivity index (χ3v) is 3.40. The summed E-state index contributed by atoms with van der Waals surface area (Å²) < 4.78 is 0. The van der Waals surface area contributed by atoms with Crippen LogP contribution in [0.3, 0.4) is 0 Å². The van der Waals surface area contributed by atoms with Crippen molar-refractivity contribution < 1.29 is 9.59 Å². The number of benzene rings is 1. The zero-order chi connectivity index (χ0) is 12.3. The molecule has 17 heavy (non-hydrogen) atoms. The lowest BCUT2D eigenvalue weighted by atomic mass is 9.89. The largest absolute Gasteiger partial charge is 0.335 e. The normalized spacial score (nSPS) is 24.4. The molecule has 2 atom stereocenters. The highest BCUT2D eigenvalue weighted by molar-refractivity contribution is 5.74. The molecular weight excluding hydrogens is 214 g/mol. The summed E-state index contributed by atoms with van der Waals surface area (Å²) in [6, 6.07) is 10.2. The van der Waals surface area contributed by atoms with Gasteiger partial charge in [-0.25, -0.2) is 0 Å². The van der Waals surface area contributed by atoms with Crippen molar-refractivity contribution in [2.45, 2.75) is 25.8 Å². The zero-order valence-electron chi connectivity index (χ0n) is 10.0. The van der Waals surface area contributed by atoms with E-state index in [0.29, 0.717) is 6.54 Å². The van der Waals surface area contributed by atoms with E-state index in [-0.39, 0.29) is 17.9 Å². The van der Waals surface area contributed by atoms with Crippen LogP contribution in [0.25, 0.3) is 0 Å². The van der Waals surface area contributed by atoms with E-state index in [1.165, 1.54) is 0 Å². The number of carbonyl (C=O) groups excluding carboxylic acids is 2. The highest BCUT2D eigenvalue weighted by atomic mass is 16.2. The van der Waals surface area contributed by atoms with Crippen LogP contribution in [0.1, 0.15) is 31.4 Å². The maximum Gasteiger partial charge on any atom is 0.219 e. The number of piperidine rings is 1. The van der Waals surface area contributed by atoms with Crippen LogP contribution < -0.4 is 0 Å². The first-order valence-electron chi connectivity index (χ1n) is 6.00. The van der Waals surface area contributed by atoms with E-state index in [1.807, 2.05) is 35.2 Å². The van der Waals surface area contributed by atoms with Crippen LogP contribution >= 0.6 is 0 Å². The van der Waals surface area contributed by atoms with Gasteiger partial charge in [-0.1, -0.05) is 30.3 Å². The predicted octanol–water partition coefficient (Wildman–Crippen LogP) is 2.19. The molecule has 90 valence electrons. The Labute approximate surface area is 101 Å². The Balaban J connectivity index is 2.21. The number of rotatable bonds is 2. The van der Waals surface area contributed by atoms with E-state index in [2.05, 4.69) is 0 Å². The fourth-order valence-corrected chi connectivity index (χ4v) is 2.48. The van der Waals surface area contributed by atoms with Gasteiger partial charge >= 0.3 is 0 Å². The van der Waals surface area contributed by atoms with Gasteiger partial charge in [-0.15, -0.1) is 0 Å². The van der Waals surface area contributed by atoms with E-state index in [9.17, 15) is 9.59 Å². The van der Waals surface area contributed by atoms with Gasteiger partial charge in [0.2, 0.25) is 5.91 Å². The Bertz CT molecular complexity index is 402. The molecule has 0 N–H and O–H groups in total. The summed E-state index contributed by atoms with van der Waals surface area (Å²) in [6.07, 6.45) is 2.71.